The fourth-order valence-corrected chi connectivity index (χ4v) is 6.35. The van der Waals surface area contributed by atoms with Gasteiger partial charge in [-0.2, -0.15) is 0 Å². The quantitative estimate of drug-likeness (QED) is 0.272. The van der Waals surface area contributed by atoms with E-state index in [9.17, 15) is 0 Å². The van der Waals surface area contributed by atoms with E-state index in [0.717, 1.165) is 53.4 Å². The van der Waals surface area contributed by atoms with Crippen molar-refractivity contribution < 1.29 is 4.39 Å². The van der Waals surface area contributed by atoms with Crippen molar-refractivity contribution in [3.63, 3.8) is 0 Å². The predicted octanol–water partition coefficient (Wildman–Crippen LogP) is 9.76. The summed E-state index contributed by atoms with van der Waals surface area (Å²) in [7, 11) is 0. The van der Waals surface area contributed by atoms with Gasteiger partial charge in [0.15, 0.2) is 0 Å². The summed E-state index contributed by atoms with van der Waals surface area (Å²) in [5, 5.41) is 1.89. The van der Waals surface area contributed by atoms with Crippen molar-refractivity contribution in [2.24, 2.45) is 17.8 Å². The Balaban J connectivity index is 1.30. The minimum Gasteiger partial charge on any atom is -0.206 e. The molecule has 2 aliphatic rings. The molecule has 2 aromatic rings. The Kier molecular flexibility index (Phi) is 8.44. The van der Waals surface area contributed by atoms with E-state index in [2.05, 4.69) is 43.8 Å². The van der Waals surface area contributed by atoms with Gasteiger partial charge in [0.25, 0.3) is 0 Å². The van der Waals surface area contributed by atoms with E-state index >= 15 is 4.39 Å². The van der Waals surface area contributed by atoms with Crippen LogP contribution < -0.4 is 0 Å². The first kappa shape index (κ1) is 23.5. The largest absolute Gasteiger partial charge is 0.206 e. The summed E-state index contributed by atoms with van der Waals surface area (Å²) in [4.78, 5) is 0. The molecule has 0 N–H and O–H groups in total. The first-order chi connectivity index (χ1) is 15.7. The first-order valence-electron chi connectivity index (χ1n) is 13.5. The molecule has 0 unspecified atom stereocenters. The van der Waals surface area contributed by atoms with Crippen molar-refractivity contribution in [2.45, 2.75) is 103 Å². The Morgan fingerprint density at radius 3 is 2.22 bits per heavy atom. The average molecular weight is 435 g/mol. The van der Waals surface area contributed by atoms with Crippen molar-refractivity contribution in [1.29, 1.82) is 0 Å². The van der Waals surface area contributed by atoms with Crippen molar-refractivity contribution in [2.75, 3.05) is 0 Å². The highest BCUT2D eigenvalue weighted by molar-refractivity contribution is 5.84. The van der Waals surface area contributed by atoms with Gasteiger partial charge < -0.3 is 0 Å². The highest BCUT2D eigenvalue weighted by atomic mass is 19.1. The number of aryl methyl sites for hydroxylation is 1. The molecular formula is C31H43F. The molecule has 4 rings (SSSR count). The fourth-order valence-electron chi connectivity index (χ4n) is 6.35. The van der Waals surface area contributed by atoms with Gasteiger partial charge in [-0.15, -0.1) is 6.58 Å². The van der Waals surface area contributed by atoms with Gasteiger partial charge in [0.2, 0.25) is 0 Å². The third kappa shape index (κ3) is 5.83. The zero-order valence-electron chi connectivity index (χ0n) is 20.3. The first-order valence-corrected chi connectivity index (χ1v) is 13.5. The van der Waals surface area contributed by atoms with E-state index < -0.39 is 0 Å². The van der Waals surface area contributed by atoms with Crippen LogP contribution in [0.15, 0.2) is 43.0 Å². The summed E-state index contributed by atoms with van der Waals surface area (Å²) in [6.07, 6.45) is 20.2. The van der Waals surface area contributed by atoms with E-state index in [1.165, 1.54) is 76.2 Å². The van der Waals surface area contributed by atoms with Gasteiger partial charge in [-0.25, -0.2) is 4.39 Å². The lowest BCUT2D eigenvalue weighted by Gasteiger charge is -2.31. The molecule has 0 saturated heterocycles. The van der Waals surface area contributed by atoms with Crippen LogP contribution in [0.25, 0.3) is 10.8 Å². The Morgan fingerprint density at radius 1 is 0.875 bits per heavy atom. The van der Waals surface area contributed by atoms with Crippen LogP contribution in [0.2, 0.25) is 0 Å². The maximum absolute atomic E-state index is 15.4. The molecule has 0 spiro atoms. The van der Waals surface area contributed by atoms with Gasteiger partial charge >= 0.3 is 0 Å². The number of allylic oxidation sites excluding steroid dienone is 1. The standard InChI is InChI=1S/C31H43F/c1-3-5-6-7-26-16-20-30-28(22-26)19-21-29(31(30)32)27-17-14-25(15-18-27)13-12-24-10-8-23(4-2)9-11-24/h4,16,19-25,27H,2-3,5-15,17-18H2,1H3. The summed E-state index contributed by atoms with van der Waals surface area (Å²) < 4.78 is 15.4. The van der Waals surface area contributed by atoms with E-state index in [0.29, 0.717) is 5.92 Å². The minimum absolute atomic E-state index is 0.0463. The van der Waals surface area contributed by atoms with Gasteiger partial charge in [-0.05, 0) is 104 Å². The highest BCUT2D eigenvalue weighted by Gasteiger charge is 2.26. The lowest BCUT2D eigenvalue weighted by Crippen LogP contribution is -2.17. The third-order valence-corrected chi connectivity index (χ3v) is 8.61. The van der Waals surface area contributed by atoms with Gasteiger partial charge in [-0.1, -0.05) is 69.0 Å². The molecule has 0 aliphatic heterocycles. The van der Waals surface area contributed by atoms with Crippen molar-refractivity contribution in [3.05, 3.63) is 59.9 Å². The topological polar surface area (TPSA) is 0 Å². The molecule has 0 bridgehead atoms. The normalized spacial score (nSPS) is 26.3. The molecular weight excluding hydrogens is 391 g/mol. The van der Waals surface area contributed by atoms with Crippen LogP contribution >= 0.6 is 0 Å². The summed E-state index contributed by atoms with van der Waals surface area (Å²) in [6, 6.07) is 10.6. The Bertz CT molecular complexity index is 865. The molecule has 174 valence electrons. The van der Waals surface area contributed by atoms with Crippen LogP contribution in [0.1, 0.15) is 107 Å². The Labute approximate surface area is 195 Å². The third-order valence-electron chi connectivity index (χ3n) is 8.61. The van der Waals surface area contributed by atoms with Crippen LogP contribution in [0.3, 0.4) is 0 Å². The number of unbranched alkanes of at least 4 members (excludes halogenated alkanes) is 2. The van der Waals surface area contributed by atoms with E-state index in [1.54, 1.807) is 0 Å². The molecule has 0 atom stereocenters. The molecule has 1 heteroatoms. The van der Waals surface area contributed by atoms with Crippen LogP contribution in [-0.4, -0.2) is 0 Å². The van der Waals surface area contributed by atoms with Crippen LogP contribution in [0.5, 0.6) is 0 Å². The molecule has 2 saturated carbocycles. The minimum atomic E-state index is 0.0463. The summed E-state index contributed by atoms with van der Waals surface area (Å²) in [6.45, 7) is 6.21. The van der Waals surface area contributed by atoms with Crippen molar-refractivity contribution in [3.8, 4) is 0 Å². The zero-order valence-corrected chi connectivity index (χ0v) is 20.3. The second-order valence-corrected chi connectivity index (χ2v) is 10.8. The van der Waals surface area contributed by atoms with E-state index in [4.69, 9.17) is 0 Å². The summed E-state index contributed by atoms with van der Waals surface area (Å²) >= 11 is 0. The van der Waals surface area contributed by atoms with Crippen LogP contribution in [0, 0.1) is 23.6 Å². The molecule has 0 amide bonds. The molecule has 32 heavy (non-hydrogen) atoms. The number of benzene rings is 2. The number of rotatable bonds is 9. The molecule has 0 aromatic heterocycles. The van der Waals surface area contributed by atoms with Gasteiger partial charge in [0, 0.05) is 5.39 Å². The van der Waals surface area contributed by atoms with Gasteiger partial charge in [0.1, 0.15) is 5.82 Å². The fraction of sp³-hybridized carbons (Fsp3) is 0.613. The van der Waals surface area contributed by atoms with Crippen molar-refractivity contribution in [1.82, 2.24) is 0 Å². The van der Waals surface area contributed by atoms with Crippen molar-refractivity contribution >= 4 is 10.8 Å². The maximum Gasteiger partial charge on any atom is 0.134 e. The zero-order chi connectivity index (χ0) is 22.3. The second-order valence-electron chi connectivity index (χ2n) is 10.8. The van der Waals surface area contributed by atoms with Crippen LogP contribution in [-0.2, 0) is 6.42 Å². The lowest BCUT2D eigenvalue weighted by atomic mass is 9.74. The Hall–Kier alpha value is -1.63. The number of halogens is 1. The summed E-state index contributed by atoms with van der Waals surface area (Å²) in [5.41, 5.74) is 2.31. The second kappa shape index (κ2) is 11.5. The average Bonchev–Trinajstić information content (AvgIpc) is 2.84. The molecule has 2 fully saturated rings. The molecule has 0 radical (unpaired) electrons. The molecule has 0 nitrogen and oxygen atoms in total. The number of fused-ring (bicyclic) bond motifs is 1. The lowest BCUT2D eigenvalue weighted by molar-refractivity contribution is 0.245. The molecule has 2 aliphatic carbocycles. The maximum atomic E-state index is 15.4. The SMILES string of the molecule is C=CC1CCC(CCC2CCC(c3ccc4cc(CCCCC)ccc4c3F)CC2)CC1. The van der Waals surface area contributed by atoms with Crippen LogP contribution in [0.4, 0.5) is 4.39 Å². The van der Waals surface area contributed by atoms with E-state index in [-0.39, 0.29) is 5.82 Å². The van der Waals surface area contributed by atoms with E-state index in [1.807, 2.05) is 6.07 Å². The van der Waals surface area contributed by atoms with Gasteiger partial charge in [0.05, 0.1) is 0 Å². The molecule has 2 aromatic carbocycles. The summed E-state index contributed by atoms with van der Waals surface area (Å²) in [5.74, 6) is 3.02. The predicted molar refractivity (Wildman–Crippen MR) is 137 cm³/mol. The monoisotopic (exact) mass is 434 g/mol. The van der Waals surface area contributed by atoms with Gasteiger partial charge in [-0.3, -0.25) is 0 Å². The molecule has 0 heterocycles. The Morgan fingerprint density at radius 2 is 1.56 bits per heavy atom. The highest BCUT2D eigenvalue weighted by Crippen LogP contribution is 2.41. The number of hydrogen-bond acceptors (Lipinski definition) is 0. The smallest absolute Gasteiger partial charge is 0.134 e. The number of hydrogen-bond donors (Lipinski definition) is 0.